The average Bonchev–Trinajstić information content (AvgIpc) is 2.76. The third-order valence-corrected chi connectivity index (χ3v) is 5.69. The van der Waals surface area contributed by atoms with Gasteiger partial charge in [0.1, 0.15) is 5.75 Å². The molecule has 0 aromatic heterocycles. The second-order valence-electron chi connectivity index (χ2n) is 7.74. The lowest BCUT2D eigenvalue weighted by molar-refractivity contribution is 0.130. The van der Waals surface area contributed by atoms with Gasteiger partial charge in [-0.2, -0.15) is 0 Å². The van der Waals surface area contributed by atoms with Gasteiger partial charge in [0.25, 0.3) is 0 Å². The van der Waals surface area contributed by atoms with E-state index in [1.54, 1.807) is 0 Å². The molecule has 0 spiro atoms. The van der Waals surface area contributed by atoms with Crippen LogP contribution in [-0.2, 0) is 6.54 Å². The fraction of sp³-hybridized carbons (Fsp3) is 0.435. The first-order valence-corrected chi connectivity index (χ1v) is 10.5. The van der Waals surface area contributed by atoms with E-state index in [-0.39, 0.29) is 6.04 Å². The highest BCUT2D eigenvalue weighted by Crippen LogP contribution is 2.31. The second kappa shape index (κ2) is 9.76. The van der Waals surface area contributed by atoms with E-state index in [1.807, 2.05) is 18.2 Å². The lowest BCUT2D eigenvalue weighted by atomic mass is 10.0. The van der Waals surface area contributed by atoms with Crippen molar-refractivity contribution in [3.8, 4) is 5.75 Å². The van der Waals surface area contributed by atoms with Gasteiger partial charge in [-0.25, -0.2) is 0 Å². The van der Waals surface area contributed by atoms with Gasteiger partial charge in [0, 0.05) is 51.3 Å². The van der Waals surface area contributed by atoms with Crippen molar-refractivity contribution in [2.75, 3.05) is 45.9 Å². The van der Waals surface area contributed by atoms with Crippen molar-refractivity contribution in [2.45, 2.75) is 19.0 Å². The zero-order valence-electron chi connectivity index (χ0n) is 17.0. The molecule has 3 N–H and O–H groups in total. The van der Waals surface area contributed by atoms with E-state index in [0.717, 1.165) is 63.5 Å². The van der Waals surface area contributed by atoms with Gasteiger partial charge >= 0.3 is 0 Å². The number of aliphatic imine (C=N–C) groups is 1. The molecule has 1 fully saturated rings. The summed E-state index contributed by atoms with van der Waals surface area (Å²) in [4.78, 5) is 9.55. The van der Waals surface area contributed by atoms with Crippen molar-refractivity contribution in [1.29, 1.82) is 0 Å². The Morgan fingerprint density at radius 1 is 1.00 bits per heavy atom. The first-order chi connectivity index (χ1) is 14.3. The Hall–Kier alpha value is -2.57. The predicted molar refractivity (Wildman–Crippen MR) is 117 cm³/mol. The zero-order valence-corrected chi connectivity index (χ0v) is 17.0. The van der Waals surface area contributed by atoms with Crippen LogP contribution in [0.5, 0.6) is 5.75 Å². The number of ether oxygens (including phenoxy) is 1. The van der Waals surface area contributed by atoms with Gasteiger partial charge in [-0.15, -0.1) is 0 Å². The van der Waals surface area contributed by atoms with Crippen LogP contribution in [0.1, 0.15) is 23.6 Å². The van der Waals surface area contributed by atoms with Crippen LogP contribution in [0.2, 0.25) is 0 Å². The number of benzene rings is 2. The normalized spacial score (nSPS) is 20.7. The Kier molecular flexibility index (Phi) is 6.64. The summed E-state index contributed by atoms with van der Waals surface area (Å²) in [5, 5.41) is 3.37. The molecule has 0 saturated carbocycles. The van der Waals surface area contributed by atoms with Crippen LogP contribution in [-0.4, -0.2) is 61.6 Å². The van der Waals surface area contributed by atoms with Crippen LogP contribution in [0.4, 0.5) is 0 Å². The van der Waals surface area contributed by atoms with Crippen molar-refractivity contribution in [2.24, 2.45) is 10.7 Å². The van der Waals surface area contributed by atoms with E-state index in [4.69, 9.17) is 10.5 Å². The maximum Gasteiger partial charge on any atom is 0.189 e. The maximum absolute atomic E-state index is 6.16. The van der Waals surface area contributed by atoms with Gasteiger partial charge in [-0.3, -0.25) is 14.8 Å². The van der Waals surface area contributed by atoms with E-state index < -0.39 is 0 Å². The SMILES string of the molecule is NC(=NCCN1CCN(Cc2ccccc2)CC1)NC1CCOc2ccccc21. The summed E-state index contributed by atoms with van der Waals surface area (Å²) in [5.41, 5.74) is 8.70. The number of nitrogens with zero attached hydrogens (tertiary/aromatic N) is 3. The summed E-state index contributed by atoms with van der Waals surface area (Å²) >= 11 is 0. The zero-order chi connectivity index (χ0) is 19.9. The van der Waals surface area contributed by atoms with E-state index in [2.05, 4.69) is 56.5 Å². The number of rotatable bonds is 6. The first kappa shape index (κ1) is 19.7. The smallest absolute Gasteiger partial charge is 0.189 e. The highest BCUT2D eigenvalue weighted by atomic mass is 16.5. The van der Waals surface area contributed by atoms with Crippen molar-refractivity contribution in [1.82, 2.24) is 15.1 Å². The minimum absolute atomic E-state index is 0.172. The lowest BCUT2D eigenvalue weighted by Crippen LogP contribution is -2.46. The second-order valence-corrected chi connectivity index (χ2v) is 7.74. The number of nitrogens with two attached hydrogens (primary N) is 1. The van der Waals surface area contributed by atoms with Crippen LogP contribution in [0.3, 0.4) is 0 Å². The van der Waals surface area contributed by atoms with Gasteiger partial charge in [-0.1, -0.05) is 48.5 Å². The van der Waals surface area contributed by atoms with Crippen LogP contribution < -0.4 is 15.8 Å². The van der Waals surface area contributed by atoms with Gasteiger partial charge in [-0.05, 0) is 11.6 Å². The topological polar surface area (TPSA) is 66.1 Å². The third-order valence-electron chi connectivity index (χ3n) is 5.69. The Bertz CT molecular complexity index is 802. The van der Waals surface area contributed by atoms with E-state index in [1.165, 1.54) is 5.56 Å². The molecule has 1 saturated heterocycles. The van der Waals surface area contributed by atoms with Crippen molar-refractivity contribution < 1.29 is 4.74 Å². The quantitative estimate of drug-likeness (QED) is 0.582. The molecule has 1 atom stereocenters. The molecule has 0 aliphatic carbocycles. The van der Waals surface area contributed by atoms with E-state index >= 15 is 0 Å². The Morgan fingerprint density at radius 3 is 2.55 bits per heavy atom. The Balaban J connectivity index is 1.19. The Morgan fingerprint density at radius 2 is 1.72 bits per heavy atom. The van der Waals surface area contributed by atoms with Gasteiger partial charge in [0.2, 0.25) is 0 Å². The summed E-state index contributed by atoms with van der Waals surface area (Å²) in [6, 6.07) is 19.0. The summed E-state index contributed by atoms with van der Waals surface area (Å²) in [6.07, 6.45) is 0.899. The van der Waals surface area contributed by atoms with Gasteiger partial charge in [0.05, 0.1) is 19.2 Å². The van der Waals surface area contributed by atoms with Crippen molar-refractivity contribution in [3.63, 3.8) is 0 Å². The summed E-state index contributed by atoms with van der Waals surface area (Å²) < 4.78 is 5.71. The molecule has 6 nitrogen and oxygen atoms in total. The minimum Gasteiger partial charge on any atom is -0.493 e. The number of hydrogen-bond acceptors (Lipinski definition) is 4. The molecule has 2 aliphatic rings. The Labute approximate surface area is 173 Å². The molecule has 2 aliphatic heterocycles. The third kappa shape index (κ3) is 5.49. The molecule has 2 aromatic rings. The van der Waals surface area contributed by atoms with Crippen LogP contribution in [0.15, 0.2) is 59.6 Å². The number of fused-ring (bicyclic) bond motifs is 1. The molecule has 6 heteroatoms. The molecule has 1 unspecified atom stereocenters. The van der Waals surface area contributed by atoms with E-state index in [9.17, 15) is 0 Å². The van der Waals surface area contributed by atoms with Gasteiger partial charge < -0.3 is 15.8 Å². The summed E-state index contributed by atoms with van der Waals surface area (Å²) in [7, 11) is 0. The molecule has 2 heterocycles. The number of guanidine groups is 1. The highest BCUT2D eigenvalue weighted by molar-refractivity contribution is 5.78. The van der Waals surface area contributed by atoms with Crippen LogP contribution >= 0.6 is 0 Å². The monoisotopic (exact) mass is 393 g/mol. The molecule has 4 rings (SSSR count). The standard InChI is InChI=1S/C23H31N5O/c24-23(26-21-10-17-29-22-9-5-4-8-20(21)22)25-11-12-27-13-15-28(16-14-27)18-19-6-2-1-3-7-19/h1-9,21H,10-18H2,(H3,24,25,26). The van der Waals surface area contributed by atoms with Crippen LogP contribution in [0, 0.1) is 0 Å². The average molecular weight is 394 g/mol. The fourth-order valence-corrected chi connectivity index (χ4v) is 4.04. The van der Waals surface area contributed by atoms with Gasteiger partial charge in [0.15, 0.2) is 5.96 Å². The molecular weight excluding hydrogens is 362 g/mol. The lowest BCUT2D eigenvalue weighted by Gasteiger charge is -2.34. The summed E-state index contributed by atoms with van der Waals surface area (Å²) in [5.74, 6) is 1.46. The highest BCUT2D eigenvalue weighted by Gasteiger charge is 2.21. The molecular formula is C23H31N5O. The van der Waals surface area contributed by atoms with Crippen molar-refractivity contribution in [3.05, 3.63) is 65.7 Å². The molecule has 0 amide bonds. The number of nitrogens with one attached hydrogen (secondary N) is 1. The first-order valence-electron chi connectivity index (χ1n) is 10.5. The van der Waals surface area contributed by atoms with Crippen molar-refractivity contribution >= 4 is 5.96 Å². The van der Waals surface area contributed by atoms with E-state index in [0.29, 0.717) is 12.6 Å². The van der Waals surface area contributed by atoms with Crippen LogP contribution in [0.25, 0.3) is 0 Å². The number of hydrogen-bond donors (Lipinski definition) is 2. The minimum atomic E-state index is 0.172. The molecule has 154 valence electrons. The maximum atomic E-state index is 6.16. The molecule has 0 radical (unpaired) electrons. The fourth-order valence-electron chi connectivity index (χ4n) is 4.04. The molecule has 29 heavy (non-hydrogen) atoms. The molecule has 2 aromatic carbocycles. The molecule has 0 bridgehead atoms. The number of para-hydroxylation sites is 1. The predicted octanol–water partition coefficient (Wildman–Crippen LogP) is 2.23. The summed E-state index contributed by atoms with van der Waals surface area (Å²) in [6.45, 7) is 7.79. The number of piperazine rings is 1. The largest absolute Gasteiger partial charge is 0.493 e.